The molecule has 2 heterocycles. The van der Waals surface area contributed by atoms with Gasteiger partial charge in [0.15, 0.2) is 11.8 Å². The van der Waals surface area contributed by atoms with Crippen molar-refractivity contribution < 1.29 is 14.3 Å². The molecule has 6 nitrogen and oxygen atoms in total. The smallest absolute Gasteiger partial charge is 0.357 e. The summed E-state index contributed by atoms with van der Waals surface area (Å²) in [6.07, 6.45) is -0.920. The lowest BCUT2D eigenvalue weighted by Crippen LogP contribution is -2.46. The summed E-state index contributed by atoms with van der Waals surface area (Å²) < 4.78 is 6.98. The van der Waals surface area contributed by atoms with Crippen molar-refractivity contribution >= 4 is 23.2 Å². The summed E-state index contributed by atoms with van der Waals surface area (Å²) in [7, 11) is 0. The highest BCUT2D eigenvalue weighted by atomic mass is 32.1. The first-order valence-corrected chi connectivity index (χ1v) is 9.85. The molecule has 0 aliphatic carbocycles. The van der Waals surface area contributed by atoms with E-state index in [1.807, 2.05) is 68.6 Å². The fourth-order valence-corrected chi connectivity index (χ4v) is 3.26. The molecule has 0 aliphatic heterocycles. The summed E-state index contributed by atoms with van der Waals surface area (Å²) >= 11 is 1.54. The van der Waals surface area contributed by atoms with Crippen LogP contribution in [-0.2, 0) is 9.53 Å². The predicted molar refractivity (Wildman–Crippen MR) is 110 cm³/mol. The molecule has 0 radical (unpaired) electrons. The van der Waals surface area contributed by atoms with Gasteiger partial charge >= 0.3 is 5.97 Å². The number of benzene rings is 1. The van der Waals surface area contributed by atoms with Gasteiger partial charge in [-0.05, 0) is 51.3 Å². The molecule has 1 atom stereocenters. The minimum Gasteiger partial charge on any atom is -0.448 e. The number of hydrogen-bond acceptors (Lipinski definition) is 5. The molecule has 0 spiro atoms. The van der Waals surface area contributed by atoms with Crippen molar-refractivity contribution in [1.29, 1.82) is 0 Å². The molecule has 0 aliphatic rings. The summed E-state index contributed by atoms with van der Waals surface area (Å²) in [5.41, 5.74) is 1.28. The zero-order chi connectivity index (χ0) is 20.3. The number of amides is 1. The third-order valence-corrected chi connectivity index (χ3v) is 4.74. The Morgan fingerprint density at radius 3 is 2.46 bits per heavy atom. The molecule has 1 N–H and O–H groups in total. The van der Waals surface area contributed by atoms with Crippen molar-refractivity contribution in [1.82, 2.24) is 15.1 Å². The quantitative estimate of drug-likeness (QED) is 0.659. The number of esters is 1. The molecule has 1 amide bonds. The van der Waals surface area contributed by atoms with Crippen LogP contribution in [0.1, 0.15) is 38.2 Å². The number of carbonyl (C=O) groups is 2. The van der Waals surface area contributed by atoms with Crippen LogP contribution in [-0.4, -0.2) is 33.3 Å². The maximum Gasteiger partial charge on any atom is 0.357 e. The van der Waals surface area contributed by atoms with E-state index in [0.29, 0.717) is 5.69 Å². The molecule has 0 saturated heterocycles. The second-order valence-electron chi connectivity index (χ2n) is 7.43. The molecule has 0 bridgehead atoms. The van der Waals surface area contributed by atoms with E-state index in [1.54, 1.807) is 17.7 Å². The number of para-hydroxylation sites is 1. The van der Waals surface area contributed by atoms with Crippen molar-refractivity contribution in [3.63, 3.8) is 0 Å². The Morgan fingerprint density at radius 2 is 1.86 bits per heavy atom. The van der Waals surface area contributed by atoms with Gasteiger partial charge in [0.25, 0.3) is 5.91 Å². The summed E-state index contributed by atoms with van der Waals surface area (Å²) in [6.45, 7) is 7.17. The zero-order valence-corrected chi connectivity index (χ0v) is 17.1. The Kier molecular flexibility index (Phi) is 5.65. The lowest BCUT2D eigenvalue weighted by molar-refractivity contribution is -0.130. The van der Waals surface area contributed by atoms with Crippen LogP contribution in [0, 0.1) is 0 Å². The average Bonchev–Trinajstić information content (AvgIpc) is 3.30. The molecule has 2 aromatic heterocycles. The number of hydrogen-bond donors (Lipinski definition) is 1. The van der Waals surface area contributed by atoms with Crippen molar-refractivity contribution in [2.75, 3.05) is 0 Å². The van der Waals surface area contributed by atoms with Gasteiger partial charge in [-0.25, -0.2) is 9.48 Å². The Labute approximate surface area is 168 Å². The molecule has 146 valence electrons. The highest BCUT2D eigenvalue weighted by Crippen LogP contribution is 2.26. The van der Waals surface area contributed by atoms with Gasteiger partial charge in [0.1, 0.15) is 5.69 Å². The van der Waals surface area contributed by atoms with Crippen LogP contribution in [0.2, 0.25) is 0 Å². The molecule has 3 aromatic rings. The van der Waals surface area contributed by atoms with Gasteiger partial charge in [0.2, 0.25) is 0 Å². The number of rotatable bonds is 5. The van der Waals surface area contributed by atoms with E-state index in [-0.39, 0.29) is 11.6 Å². The fraction of sp³-hybridized carbons (Fsp3) is 0.286. The lowest BCUT2D eigenvalue weighted by atomic mass is 10.1. The number of nitrogens with zero attached hydrogens (tertiary/aromatic N) is 2. The van der Waals surface area contributed by atoms with E-state index in [1.165, 1.54) is 11.3 Å². The summed E-state index contributed by atoms with van der Waals surface area (Å²) in [6, 6.07) is 14.9. The summed E-state index contributed by atoms with van der Waals surface area (Å²) in [5, 5.41) is 9.35. The minimum absolute atomic E-state index is 0.269. The fourth-order valence-electron chi connectivity index (χ4n) is 2.58. The normalized spacial score (nSPS) is 12.4. The lowest BCUT2D eigenvalue weighted by Gasteiger charge is -2.23. The largest absolute Gasteiger partial charge is 0.448 e. The van der Waals surface area contributed by atoms with Gasteiger partial charge < -0.3 is 10.1 Å². The molecule has 0 fully saturated rings. The van der Waals surface area contributed by atoms with Crippen molar-refractivity contribution in [3.05, 3.63) is 59.6 Å². The first-order chi connectivity index (χ1) is 13.2. The molecule has 28 heavy (non-hydrogen) atoms. The van der Waals surface area contributed by atoms with E-state index in [0.717, 1.165) is 10.6 Å². The predicted octanol–water partition coefficient (Wildman–Crippen LogP) is 4.06. The topological polar surface area (TPSA) is 73.2 Å². The SMILES string of the molecule is C[C@H](OC(=O)c1cc(-c2cccs2)nn1-c1ccccc1)C(=O)NC(C)(C)C. The standard InChI is InChI=1S/C21H23N3O3S/c1-14(19(25)22-21(2,3)4)27-20(26)17-13-16(18-11-8-12-28-18)23-24(17)15-9-6-5-7-10-15/h5-14H,1-4H3,(H,22,25)/t14-/m0/s1. The van der Waals surface area contributed by atoms with Crippen LogP contribution in [0.4, 0.5) is 0 Å². The first kappa shape index (κ1) is 19.8. The number of ether oxygens (including phenoxy) is 1. The Balaban J connectivity index is 1.89. The highest BCUT2D eigenvalue weighted by Gasteiger charge is 2.26. The molecular weight excluding hydrogens is 374 g/mol. The zero-order valence-electron chi connectivity index (χ0n) is 16.3. The van der Waals surface area contributed by atoms with Gasteiger partial charge in [-0.2, -0.15) is 5.10 Å². The van der Waals surface area contributed by atoms with E-state index in [2.05, 4.69) is 10.4 Å². The van der Waals surface area contributed by atoms with E-state index < -0.39 is 17.6 Å². The van der Waals surface area contributed by atoms with E-state index >= 15 is 0 Å². The summed E-state index contributed by atoms with van der Waals surface area (Å²) in [5.74, 6) is -0.944. The third-order valence-electron chi connectivity index (χ3n) is 3.84. The monoisotopic (exact) mass is 397 g/mol. The van der Waals surface area contributed by atoms with Gasteiger partial charge in [-0.3, -0.25) is 4.79 Å². The van der Waals surface area contributed by atoms with Crippen LogP contribution < -0.4 is 5.32 Å². The van der Waals surface area contributed by atoms with Crippen molar-refractivity contribution in [2.24, 2.45) is 0 Å². The van der Waals surface area contributed by atoms with E-state index in [4.69, 9.17) is 4.74 Å². The van der Waals surface area contributed by atoms with Crippen molar-refractivity contribution in [2.45, 2.75) is 39.3 Å². The number of aromatic nitrogens is 2. The molecule has 1 aromatic carbocycles. The Hall–Kier alpha value is -2.93. The van der Waals surface area contributed by atoms with Crippen LogP contribution in [0.25, 0.3) is 16.3 Å². The molecule has 0 unspecified atom stereocenters. The molecule has 0 saturated carbocycles. The van der Waals surface area contributed by atoms with Gasteiger partial charge in [0.05, 0.1) is 10.6 Å². The third kappa shape index (κ3) is 4.67. The molecule has 7 heteroatoms. The maximum atomic E-state index is 12.8. The molecular formula is C21H23N3O3S. The van der Waals surface area contributed by atoms with Crippen molar-refractivity contribution in [3.8, 4) is 16.3 Å². The van der Waals surface area contributed by atoms with Crippen LogP contribution in [0.5, 0.6) is 0 Å². The summed E-state index contributed by atoms with van der Waals surface area (Å²) in [4.78, 5) is 26.1. The maximum absolute atomic E-state index is 12.8. The minimum atomic E-state index is -0.920. The first-order valence-electron chi connectivity index (χ1n) is 8.97. The van der Waals surface area contributed by atoms with Gasteiger partial charge in [0, 0.05) is 11.6 Å². The number of nitrogens with one attached hydrogen (secondary N) is 1. The van der Waals surface area contributed by atoms with Crippen LogP contribution >= 0.6 is 11.3 Å². The second-order valence-corrected chi connectivity index (χ2v) is 8.37. The van der Waals surface area contributed by atoms with Gasteiger partial charge in [-0.15, -0.1) is 11.3 Å². The number of thiophene rings is 1. The molecule has 3 rings (SSSR count). The second kappa shape index (κ2) is 7.98. The number of carbonyl (C=O) groups excluding carboxylic acids is 2. The van der Waals surface area contributed by atoms with Crippen LogP contribution in [0.15, 0.2) is 53.9 Å². The van der Waals surface area contributed by atoms with Crippen LogP contribution in [0.3, 0.4) is 0 Å². The van der Waals surface area contributed by atoms with Gasteiger partial charge in [-0.1, -0.05) is 24.3 Å². The average molecular weight is 398 g/mol. The highest BCUT2D eigenvalue weighted by molar-refractivity contribution is 7.13. The Bertz CT molecular complexity index is 957. The Morgan fingerprint density at radius 1 is 1.14 bits per heavy atom. The van der Waals surface area contributed by atoms with E-state index in [9.17, 15) is 9.59 Å².